The van der Waals surface area contributed by atoms with Gasteiger partial charge in [-0.3, -0.25) is 0 Å². The predicted molar refractivity (Wildman–Crippen MR) is 159 cm³/mol. The smallest absolute Gasteiger partial charge is 0.146 e. The fourth-order valence-electron chi connectivity index (χ4n) is 4.77. The Balaban J connectivity index is 3.03. The summed E-state index contributed by atoms with van der Waals surface area (Å²) in [5.74, 6) is 0.842. The van der Waals surface area contributed by atoms with E-state index in [-0.39, 0.29) is 0 Å². The van der Waals surface area contributed by atoms with Crippen molar-refractivity contribution < 1.29 is 0 Å². The molecule has 0 bridgehead atoms. The second kappa shape index (κ2) is 27.7. The second-order valence-electron chi connectivity index (χ2n) is 10.7. The van der Waals surface area contributed by atoms with Gasteiger partial charge in [0.1, 0.15) is 0 Å². The first-order valence-electron chi connectivity index (χ1n) is 15.0. The van der Waals surface area contributed by atoms with Crippen LogP contribution in [0.1, 0.15) is 167 Å². The minimum absolute atomic E-state index is 0.842. The summed E-state index contributed by atoms with van der Waals surface area (Å²) >= 11 is 18.0. The highest BCUT2D eigenvalue weighted by Gasteiger charge is 2.19. The molecule has 0 rings (SSSR count). The zero-order valence-corrected chi connectivity index (χ0v) is 25.7. The van der Waals surface area contributed by atoms with Crippen LogP contribution in [0.5, 0.6) is 0 Å². The van der Waals surface area contributed by atoms with Gasteiger partial charge in [-0.05, 0) is 19.0 Å². The number of rotatable bonds is 28. The van der Waals surface area contributed by atoms with Gasteiger partial charge < -0.3 is 0 Å². The molecule has 0 atom stereocenters. The maximum Gasteiger partial charge on any atom is 0.248 e. The molecule has 0 radical (unpaired) electrons. The lowest BCUT2D eigenvalue weighted by Gasteiger charge is -2.09. The number of hydrogen-bond acceptors (Lipinski definition) is 0. The first kappa shape index (κ1) is 34.1. The summed E-state index contributed by atoms with van der Waals surface area (Å²) in [6.45, 7) is 0.200. The fraction of sp³-hybridized carbons (Fsp3) is 1.00. The van der Waals surface area contributed by atoms with Gasteiger partial charge in [-0.25, -0.2) is 0 Å². The summed E-state index contributed by atoms with van der Waals surface area (Å²) in [5.41, 5.74) is 0. The van der Waals surface area contributed by atoms with E-state index in [0.29, 0.717) is 0 Å². The van der Waals surface area contributed by atoms with Gasteiger partial charge >= 0.3 is 0 Å². The molecule has 0 fully saturated rings. The summed E-state index contributed by atoms with van der Waals surface area (Å²) in [7, 11) is 0. The molecule has 0 aromatic carbocycles. The second-order valence-corrected chi connectivity index (χ2v) is 19.3. The molecule has 0 aromatic rings. The SMILES string of the molecule is C[Si](Cl)(Cl)CCCCCCCCCCCCCCCCCCCCCCCCCCCCCl. The summed E-state index contributed by atoms with van der Waals surface area (Å²) in [6, 6.07) is 1.06. The molecule has 0 aliphatic rings. The lowest BCUT2D eigenvalue weighted by Crippen LogP contribution is -2.11. The van der Waals surface area contributed by atoms with E-state index in [1.165, 1.54) is 167 Å². The summed E-state index contributed by atoms with van der Waals surface area (Å²) in [4.78, 5) is 0. The van der Waals surface area contributed by atoms with Crippen LogP contribution in [0.15, 0.2) is 0 Å². The Morgan fingerprint density at radius 3 is 0.697 bits per heavy atom. The van der Waals surface area contributed by atoms with E-state index in [2.05, 4.69) is 0 Å². The molecule has 4 heteroatoms. The lowest BCUT2D eigenvalue weighted by molar-refractivity contribution is 0.516. The van der Waals surface area contributed by atoms with E-state index < -0.39 is 6.69 Å². The number of hydrogen-bond donors (Lipinski definition) is 0. The minimum atomic E-state index is -1.84. The molecule has 33 heavy (non-hydrogen) atoms. The van der Waals surface area contributed by atoms with Gasteiger partial charge in [0.05, 0.1) is 0 Å². The quantitative estimate of drug-likeness (QED) is 0.0399. The number of alkyl halides is 1. The molecule has 0 amide bonds. The van der Waals surface area contributed by atoms with E-state index in [4.69, 9.17) is 33.8 Å². The molecule has 0 heterocycles. The third-order valence-electron chi connectivity index (χ3n) is 7.00. The van der Waals surface area contributed by atoms with Crippen molar-refractivity contribution in [1.29, 1.82) is 0 Å². The van der Waals surface area contributed by atoms with Gasteiger partial charge in [0.15, 0.2) is 0 Å². The predicted octanol–water partition coefficient (Wildman–Crippen LogP) is 12.9. The monoisotopic (exact) mass is 540 g/mol. The van der Waals surface area contributed by atoms with Gasteiger partial charge in [-0.1, -0.05) is 161 Å². The third kappa shape index (κ3) is 33.1. The Bertz CT molecular complexity index is 357. The fourth-order valence-corrected chi connectivity index (χ4v) is 6.63. The zero-order valence-electron chi connectivity index (χ0n) is 22.4. The van der Waals surface area contributed by atoms with Crippen molar-refractivity contribution in [3.8, 4) is 0 Å². The lowest BCUT2D eigenvalue weighted by atomic mass is 10.0. The van der Waals surface area contributed by atoms with Gasteiger partial charge in [-0.15, -0.1) is 33.8 Å². The molecule has 0 aliphatic heterocycles. The summed E-state index contributed by atoms with van der Waals surface area (Å²) in [6.07, 6.45) is 36.9. The maximum absolute atomic E-state index is 6.15. The van der Waals surface area contributed by atoms with Crippen molar-refractivity contribution in [2.45, 2.75) is 180 Å². The van der Waals surface area contributed by atoms with Gasteiger partial charge in [0, 0.05) is 5.88 Å². The molecule has 0 spiro atoms. The molecule has 0 aromatic heterocycles. The van der Waals surface area contributed by atoms with Crippen molar-refractivity contribution in [1.82, 2.24) is 0 Å². The van der Waals surface area contributed by atoms with Crippen molar-refractivity contribution in [3.05, 3.63) is 0 Å². The van der Waals surface area contributed by atoms with Gasteiger partial charge in [-0.2, -0.15) is 0 Å². The van der Waals surface area contributed by atoms with Crippen LogP contribution in [0.25, 0.3) is 0 Å². The highest BCUT2D eigenvalue weighted by atomic mass is 35.7. The molecule has 0 saturated carbocycles. The first-order chi connectivity index (χ1) is 16.1. The van der Waals surface area contributed by atoms with Crippen LogP contribution in [0.4, 0.5) is 0 Å². The maximum atomic E-state index is 6.15. The van der Waals surface area contributed by atoms with Crippen molar-refractivity contribution >= 4 is 40.5 Å². The number of halogens is 3. The molecular formula is C29H59Cl3Si. The van der Waals surface area contributed by atoms with E-state index in [9.17, 15) is 0 Å². The largest absolute Gasteiger partial charge is 0.248 e. The van der Waals surface area contributed by atoms with E-state index in [1.54, 1.807) is 0 Å². The van der Waals surface area contributed by atoms with Crippen molar-refractivity contribution in [2.75, 3.05) is 5.88 Å². The van der Waals surface area contributed by atoms with Gasteiger partial charge in [0.2, 0.25) is 6.69 Å². The molecule has 0 nitrogen and oxygen atoms in total. The molecule has 200 valence electrons. The van der Waals surface area contributed by atoms with Crippen LogP contribution >= 0.6 is 33.8 Å². The van der Waals surface area contributed by atoms with Crippen LogP contribution in [0.3, 0.4) is 0 Å². The average molecular weight is 542 g/mol. The Morgan fingerprint density at radius 2 is 0.515 bits per heavy atom. The van der Waals surface area contributed by atoms with Crippen LogP contribution in [0, 0.1) is 0 Å². The van der Waals surface area contributed by atoms with E-state index in [1.807, 2.05) is 6.55 Å². The standard InChI is InChI=1S/C29H59Cl3Si/c1-33(31,32)29-27-25-23-21-19-17-15-13-11-9-7-5-3-2-4-6-8-10-12-14-16-18-20-22-24-26-28-30/h2-29H2,1H3. The molecular weight excluding hydrogens is 483 g/mol. The minimum Gasteiger partial charge on any atom is -0.146 e. The highest BCUT2D eigenvalue weighted by Crippen LogP contribution is 2.23. The summed E-state index contributed by atoms with van der Waals surface area (Å²) in [5, 5.41) is 0. The van der Waals surface area contributed by atoms with Crippen LogP contribution in [-0.4, -0.2) is 12.6 Å². The normalized spacial score (nSPS) is 12.0. The molecule has 0 N–H and O–H groups in total. The Hall–Kier alpha value is 1.09. The molecule has 0 unspecified atom stereocenters. The van der Waals surface area contributed by atoms with Crippen molar-refractivity contribution in [2.24, 2.45) is 0 Å². The van der Waals surface area contributed by atoms with Crippen LogP contribution in [0.2, 0.25) is 12.6 Å². The van der Waals surface area contributed by atoms with Crippen LogP contribution < -0.4 is 0 Å². The van der Waals surface area contributed by atoms with E-state index in [0.717, 1.165) is 11.9 Å². The van der Waals surface area contributed by atoms with Crippen LogP contribution in [-0.2, 0) is 0 Å². The van der Waals surface area contributed by atoms with Gasteiger partial charge in [0.25, 0.3) is 0 Å². The number of unbranched alkanes of at least 4 members (excludes halogenated alkanes) is 25. The highest BCUT2D eigenvalue weighted by molar-refractivity contribution is 7.44. The molecule has 0 aliphatic carbocycles. The Labute approximate surface area is 225 Å². The summed E-state index contributed by atoms with van der Waals surface area (Å²) < 4.78 is 0. The molecule has 0 saturated heterocycles. The average Bonchev–Trinajstić information content (AvgIpc) is 2.78. The van der Waals surface area contributed by atoms with Crippen molar-refractivity contribution in [3.63, 3.8) is 0 Å². The third-order valence-corrected chi connectivity index (χ3v) is 9.63. The van der Waals surface area contributed by atoms with E-state index >= 15 is 0 Å². The Morgan fingerprint density at radius 1 is 0.333 bits per heavy atom. The Kier molecular flexibility index (Phi) is 28.6. The zero-order chi connectivity index (χ0) is 24.3. The first-order valence-corrected chi connectivity index (χ1v) is 20.3. The topological polar surface area (TPSA) is 0 Å².